The molecule has 0 bridgehead atoms. The Morgan fingerprint density at radius 1 is 0.905 bits per heavy atom. The maximum Gasteiger partial charge on any atom is 0.264 e. The van der Waals surface area contributed by atoms with Gasteiger partial charge in [-0.25, -0.2) is 8.42 Å². The molecule has 0 saturated heterocycles. The van der Waals surface area contributed by atoms with Gasteiger partial charge in [-0.2, -0.15) is 0 Å². The molecule has 3 aromatic carbocycles. The summed E-state index contributed by atoms with van der Waals surface area (Å²) in [4.78, 5) is 29.2. The van der Waals surface area contributed by atoms with Gasteiger partial charge in [0.2, 0.25) is 11.8 Å². The molecular formula is C31H34Cl3N3O4S. The van der Waals surface area contributed by atoms with Crippen LogP contribution in [-0.2, 0) is 26.2 Å². The average molecular weight is 651 g/mol. The minimum absolute atomic E-state index is 0.00491. The predicted octanol–water partition coefficient (Wildman–Crippen LogP) is 7.10. The highest BCUT2D eigenvalue weighted by atomic mass is 35.5. The fraction of sp³-hybridized carbons (Fsp3) is 0.355. The number of carbonyl (C=O) groups is 2. The molecule has 42 heavy (non-hydrogen) atoms. The zero-order chi connectivity index (χ0) is 30.3. The Morgan fingerprint density at radius 3 is 2.17 bits per heavy atom. The number of nitrogens with zero attached hydrogens (tertiary/aromatic N) is 2. The van der Waals surface area contributed by atoms with Gasteiger partial charge in [0.15, 0.2) is 0 Å². The van der Waals surface area contributed by atoms with E-state index in [4.69, 9.17) is 34.8 Å². The highest BCUT2D eigenvalue weighted by Gasteiger charge is 2.34. The standard InChI is InChI=1S/C31H34Cl3N3O4S/c1-2-29(31(39)35-25-9-5-3-6-10-25)36(20-22-13-14-24(33)19-28(22)34)30(38)21-37(26-11-7-4-8-12-26)42(40,41)27-17-15-23(32)16-18-27/h4,7-8,11-19,25,29H,2-3,5-6,9-10,20-21H2,1H3,(H,35,39)/t29-/m1/s1. The van der Waals surface area contributed by atoms with E-state index < -0.39 is 28.5 Å². The molecule has 4 rings (SSSR count). The maximum absolute atomic E-state index is 14.2. The average Bonchev–Trinajstić information content (AvgIpc) is 2.98. The Bertz CT molecular complexity index is 1480. The first-order valence-corrected chi connectivity index (χ1v) is 16.5. The normalized spacial score (nSPS) is 14.7. The molecule has 1 fully saturated rings. The Morgan fingerprint density at radius 2 is 1.55 bits per heavy atom. The largest absolute Gasteiger partial charge is 0.352 e. The summed E-state index contributed by atoms with van der Waals surface area (Å²) in [5, 5.41) is 4.30. The molecule has 1 aliphatic carbocycles. The first kappa shape index (κ1) is 32.1. The highest BCUT2D eigenvalue weighted by molar-refractivity contribution is 7.92. The number of para-hydroxylation sites is 1. The van der Waals surface area contributed by atoms with Crippen molar-refractivity contribution in [1.29, 1.82) is 0 Å². The van der Waals surface area contributed by atoms with Crippen LogP contribution in [0, 0.1) is 0 Å². The monoisotopic (exact) mass is 649 g/mol. The van der Waals surface area contributed by atoms with Crippen LogP contribution in [0.3, 0.4) is 0 Å². The summed E-state index contributed by atoms with van der Waals surface area (Å²) in [6.45, 7) is 1.29. The molecular weight excluding hydrogens is 617 g/mol. The molecule has 224 valence electrons. The number of carbonyl (C=O) groups excluding carboxylic acids is 2. The van der Waals surface area contributed by atoms with Crippen molar-refractivity contribution in [2.24, 2.45) is 0 Å². The molecule has 0 unspecified atom stereocenters. The molecule has 1 N–H and O–H groups in total. The number of amides is 2. The number of benzene rings is 3. The van der Waals surface area contributed by atoms with Crippen molar-refractivity contribution in [3.63, 3.8) is 0 Å². The third-order valence-corrected chi connectivity index (χ3v) is 10.0. The van der Waals surface area contributed by atoms with E-state index >= 15 is 0 Å². The summed E-state index contributed by atoms with van der Waals surface area (Å²) >= 11 is 18.6. The van der Waals surface area contributed by atoms with Crippen LogP contribution in [0.5, 0.6) is 0 Å². The number of halogens is 3. The van der Waals surface area contributed by atoms with Crippen molar-refractivity contribution in [3.05, 3.63) is 93.4 Å². The van der Waals surface area contributed by atoms with E-state index in [1.165, 1.54) is 29.2 Å². The van der Waals surface area contributed by atoms with Gasteiger partial charge in [0.1, 0.15) is 12.6 Å². The lowest BCUT2D eigenvalue weighted by Gasteiger charge is -2.34. The molecule has 7 nitrogen and oxygen atoms in total. The van der Waals surface area contributed by atoms with Crippen LogP contribution >= 0.6 is 34.8 Å². The molecule has 0 aromatic heterocycles. The third-order valence-electron chi connectivity index (χ3n) is 7.42. The number of hydrogen-bond donors (Lipinski definition) is 1. The summed E-state index contributed by atoms with van der Waals surface area (Å²) in [7, 11) is -4.18. The summed E-state index contributed by atoms with van der Waals surface area (Å²) in [5.41, 5.74) is 0.898. The summed E-state index contributed by atoms with van der Waals surface area (Å²) in [5.74, 6) is -0.817. The molecule has 0 heterocycles. The molecule has 1 atom stereocenters. The van der Waals surface area contributed by atoms with Crippen LogP contribution in [0.1, 0.15) is 51.0 Å². The first-order chi connectivity index (χ1) is 20.1. The summed E-state index contributed by atoms with van der Waals surface area (Å²) < 4.78 is 28.8. The van der Waals surface area contributed by atoms with E-state index in [2.05, 4.69) is 5.32 Å². The minimum Gasteiger partial charge on any atom is -0.352 e. The Balaban J connectivity index is 1.70. The second kappa shape index (κ2) is 14.6. The van der Waals surface area contributed by atoms with Gasteiger partial charge in [0, 0.05) is 27.7 Å². The molecule has 0 radical (unpaired) electrons. The Labute approximate surface area is 262 Å². The first-order valence-electron chi connectivity index (χ1n) is 14.0. The van der Waals surface area contributed by atoms with Crippen molar-refractivity contribution in [3.8, 4) is 0 Å². The van der Waals surface area contributed by atoms with Gasteiger partial charge in [0.05, 0.1) is 10.6 Å². The number of sulfonamides is 1. The maximum atomic E-state index is 14.2. The highest BCUT2D eigenvalue weighted by Crippen LogP contribution is 2.27. The van der Waals surface area contributed by atoms with Crippen molar-refractivity contribution >= 4 is 62.3 Å². The quantitative estimate of drug-likeness (QED) is 0.240. The molecule has 1 aliphatic rings. The van der Waals surface area contributed by atoms with E-state index in [0.717, 1.165) is 36.4 Å². The van der Waals surface area contributed by atoms with E-state index in [1.807, 2.05) is 6.92 Å². The SMILES string of the molecule is CC[C@H](C(=O)NC1CCCCC1)N(Cc1ccc(Cl)cc1Cl)C(=O)CN(c1ccccc1)S(=O)(=O)c1ccc(Cl)cc1. The van der Waals surface area contributed by atoms with Crippen LogP contribution in [0.15, 0.2) is 77.7 Å². The van der Waals surface area contributed by atoms with Gasteiger partial charge >= 0.3 is 0 Å². The van der Waals surface area contributed by atoms with Crippen LogP contribution in [-0.4, -0.2) is 43.8 Å². The molecule has 11 heteroatoms. The van der Waals surface area contributed by atoms with Crippen molar-refractivity contribution in [1.82, 2.24) is 10.2 Å². The lowest BCUT2D eigenvalue weighted by Crippen LogP contribution is -2.54. The van der Waals surface area contributed by atoms with Gasteiger partial charge in [0.25, 0.3) is 10.0 Å². The minimum atomic E-state index is -4.18. The van der Waals surface area contributed by atoms with E-state index in [1.54, 1.807) is 48.5 Å². The zero-order valence-electron chi connectivity index (χ0n) is 23.3. The van der Waals surface area contributed by atoms with Gasteiger partial charge in [-0.15, -0.1) is 0 Å². The van der Waals surface area contributed by atoms with Gasteiger partial charge in [-0.3, -0.25) is 13.9 Å². The van der Waals surface area contributed by atoms with Gasteiger partial charge < -0.3 is 10.2 Å². The second-order valence-electron chi connectivity index (χ2n) is 10.3. The summed E-state index contributed by atoms with van der Waals surface area (Å²) in [6, 6.07) is 18.3. The Kier molecular flexibility index (Phi) is 11.2. The number of hydrogen-bond acceptors (Lipinski definition) is 4. The lowest BCUT2D eigenvalue weighted by atomic mass is 9.95. The van der Waals surface area contributed by atoms with Crippen molar-refractivity contribution < 1.29 is 18.0 Å². The number of anilines is 1. The fourth-order valence-electron chi connectivity index (χ4n) is 5.15. The summed E-state index contributed by atoms with van der Waals surface area (Å²) in [6.07, 6.45) is 5.32. The van der Waals surface area contributed by atoms with E-state index in [-0.39, 0.29) is 23.4 Å². The molecule has 0 aliphatic heterocycles. The fourth-order valence-corrected chi connectivity index (χ4v) is 7.16. The molecule has 1 saturated carbocycles. The van der Waals surface area contributed by atoms with Crippen LogP contribution in [0.2, 0.25) is 15.1 Å². The third kappa shape index (κ3) is 7.98. The van der Waals surface area contributed by atoms with Crippen molar-refractivity contribution in [2.75, 3.05) is 10.8 Å². The van der Waals surface area contributed by atoms with E-state index in [0.29, 0.717) is 32.7 Å². The lowest BCUT2D eigenvalue weighted by molar-refractivity contribution is -0.140. The molecule has 0 spiro atoms. The zero-order valence-corrected chi connectivity index (χ0v) is 26.4. The number of nitrogens with one attached hydrogen (secondary N) is 1. The van der Waals surface area contributed by atoms with Gasteiger partial charge in [-0.1, -0.05) is 85.3 Å². The topological polar surface area (TPSA) is 86.8 Å². The Hall–Kier alpha value is -2.78. The van der Waals surface area contributed by atoms with Crippen molar-refractivity contribution in [2.45, 2.75) is 69.0 Å². The van der Waals surface area contributed by atoms with Crippen LogP contribution in [0.4, 0.5) is 5.69 Å². The van der Waals surface area contributed by atoms with Crippen LogP contribution in [0.25, 0.3) is 0 Å². The molecule has 2 amide bonds. The number of rotatable bonds is 11. The predicted molar refractivity (Wildman–Crippen MR) is 169 cm³/mol. The van der Waals surface area contributed by atoms with Crippen LogP contribution < -0.4 is 9.62 Å². The molecule has 3 aromatic rings. The van der Waals surface area contributed by atoms with E-state index in [9.17, 15) is 18.0 Å². The second-order valence-corrected chi connectivity index (χ2v) is 13.5. The smallest absolute Gasteiger partial charge is 0.264 e. The van der Waals surface area contributed by atoms with Gasteiger partial charge in [-0.05, 0) is 73.4 Å².